The fraction of sp³-hybridized carbons (Fsp3) is 1.00. The Morgan fingerprint density at radius 3 is 2.78 bits per heavy atom. The summed E-state index contributed by atoms with van der Waals surface area (Å²) in [6, 6.07) is 0.548. The van der Waals surface area contributed by atoms with E-state index in [1.54, 1.807) is 0 Å². The van der Waals surface area contributed by atoms with E-state index in [-0.39, 0.29) is 5.54 Å². The lowest BCUT2D eigenvalue weighted by Crippen LogP contribution is -2.61. The van der Waals surface area contributed by atoms with Crippen LogP contribution in [-0.4, -0.2) is 42.8 Å². The van der Waals surface area contributed by atoms with Gasteiger partial charge in [-0.2, -0.15) is 0 Å². The summed E-state index contributed by atoms with van der Waals surface area (Å²) in [5.41, 5.74) is 6.26. The second-order valence-electron chi connectivity index (χ2n) is 6.89. The normalized spacial score (nSPS) is 35.3. The molecular formula is C15H30N2O. The number of hydrogen-bond donors (Lipinski definition) is 1. The minimum atomic E-state index is 0.142. The molecule has 0 amide bonds. The van der Waals surface area contributed by atoms with Gasteiger partial charge in [0.05, 0.1) is 13.2 Å². The Balaban J connectivity index is 2.06. The molecule has 3 atom stereocenters. The number of rotatable bonds is 3. The molecule has 0 aromatic heterocycles. The van der Waals surface area contributed by atoms with Gasteiger partial charge in [-0.15, -0.1) is 0 Å². The molecule has 3 heteroatoms. The van der Waals surface area contributed by atoms with Crippen LogP contribution in [0.4, 0.5) is 0 Å². The van der Waals surface area contributed by atoms with Gasteiger partial charge in [0.15, 0.2) is 0 Å². The highest BCUT2D eigenvalue weighted by atomic mass is 16.5. The van der Waals surface area contributed by atoms with Crippen molar-refractivity contribution in [1.29, 1.82) is 0 Å². The Bertz CT molecular complexity index is 267. The van der Waals surface area contributed by atoms with Crippen LogP contribution in [0.3, 0.4) is 0 Å². The molecule has 106 valence electrons. The van der Waals surface area contributed by atoms with E-state index in [0.717, 1.165) is 38.1 Å². The first kappa shape index (κ1) is 14.3. The van der Waals surface area contributed by atoms with Crippen molar-refractivity contribution in [1.82, 2.24) is 4.90 Å². The molecule has 18 heavy (non-hydrogen) atoms. The van der Waals surface area contributed by atoms with E-state index in [4.69, 9.17) is 10.5 Å². The number of morpholine rings is 1. The van der Waals surface area contributed by atoms with Gasteiger partial charge in [0, 0.05) is 24.7 Å². The molecule has 0 aromatic carbocycles. The average Bonchev–Trinajstić information content (AvgIpc) is 2.32. The minimum absolute atomic E-state index is 0.142. The summed E-state index contributed by atoms with van der Waals surface area (Å²) in [6.45, 7) is 10.5. The second kappa shape index (κ2) is 5.89. The first-order valence-electron chi connectivity index (χ1n) is 7.59. The maximum atomic E-state index is 6.12. The third-order valence-corrected chi connectivity index (χ3v) is 4.87. The maximum absolute atomic E-state index is 6.12. The molecule has 2 N–H and O–H groups in total. The predicted molar refractivity (Wildman–Crippen MR) is 75.6 cm³/mol. The van der Waals surface area contributed by atoms with Crippen LogP contribution in [0.25, 0.3) is 0 Å². The summed E-state index contributed by atoms with van der Waals surface area (Å²) in [5, 5.41) is 0. The van der Waals surface area contributed by atoms with Gasteiger partial charge >= 0.3 is 0 Å². The van der Waals surface area contributed by atoms with Crippen LogP contribution in [0.15, 0.2) is 0 Å². The lowest BCUT2D eigenvalue weighted by molar-refractivity contribution is -0.0851. The smallest absolute Gasteiger partial charge is 0.0645 e. The molecule has 1 aliphatic carbocycles. The molecule has 2 aliphatic rings. The van der Waals surface area contributed by atoms with Gasteiger partial charge in [-0.1, -0.05) is 19.8 Å². The third kappa shape index (κ3) is 3.06. The van der Waals surface area contributed by atoms with E-state index in [2.05, 4.69) is 25.7 Å². The highest BCUT2D eigenvalue weighted by molar-refractivity contribution is 4.93. The van der Waals surface area contributed by atoms with Crippen molar-refractivity contribution in [2.24, 2.45) is 17.6 Å². The zero-order valence-corrected chi connectivity index (χ0v) is 12.3. The molecule has 2 rings (SSSR count). The Morgan fingerprint density at radius 1 is 1.39 bits per heavy atom. The molecule has 0 spiro atoms. The molecule has 1 saturated heterocycles. The second-order valence-corrected chi connectivity index (χ2v) is 6.89. The number of ether oxygens (including phenoxy) is 1. The van der Waals surface area contributed by atoms with Crippen molar-refractivity contribution in [3.05, 3.63) is 0 Å². The Kier molecular flexibility index (Phi) is 4.68. The van der Waals surface area contributed by atoms with Crippen molar-refractivity contribution >= 4 is 0 Å². The zero-order chi connectivity index (χ0) is 13.2. The highest BCUT2D eigenvalue weighted by Gasteiger charge is 2.39. The maximum Gasteiger partial charge on any atom is 0.0645 e. The van der Waals surface area contributed by atoms with Crippen molar-refractivity contribution in [3.8, 4) is 0 Å². The molecule has 3 nitrogen and oxygen atoms in total. The molecule has 2 fully saturated rings. The average molecular weight is 254 g/mol. The highest BCUT2D eigenvalue weighted by Crippen LogP contribution is 2.35. The van der Waals surface area contributed by atoms with Crippen LogP contribution >= 0.6 is 0 Å². The van der Waals surface area contributed by atoms with E-state index in [1.165, 1.54) is 25.7 Å². The van der Waals surface area contributed by atoms with Crippen LogP contribution in [0.5, 0.6) is 0 Å². The van der Waals surface area contributed by atoms with Gasteiger partial charge in [-0.3, -0.25) is 4.90 Å². The van der Waals surface area contributed by atoms with Crippen molar-refractivity contribution in [2.75, 3.05) is 26.3 Å². The largest absolute Gasteiger partial charge is 0.378 e. The summed E-state index contributed by atoms with van der Waals surface area (Å²) >= 11 is 0. The molecule has 0 radical (unpaired) electrons. The lowest BCUT2D eigenvalue weighted by Gasteiger charge is -2.49. The Morgan fingerprint density at radius 2 is 2.17 bits per heavy atom. The lowest BCUT2D eigenvalue weighted by atomic mass is 9.77. The summed E-state index contributed by atoms with van der Waals surface area (Å²) < 4.78 is 5.64. The van der Waals surface area contributed by atoms with Crippen molar-refractivity contribution < 1.29 is 4.74 Å². The van der Waals surface area contributed by atoms with Gasteiger partial charge in [0.1, 0.15) is 0 Å². The zero-order valence-electron chi connectivity index (χ0n) is 12.3. The van der Waals surface area contributed by atoms with Crippen molar-refractivity contribution in [3.63, 3.8) is 0 Å². The molecule has 1 aliphatic heterocycles. The summed E-state index contributed by atoms with van der Waals surface area (Å²) in [6.07, 6.45) is 5.50. The number of nitrogens with two attached hydrogens (primary N) is 1. The standard InChI is InChI=1S/C15H30N2O/c1-12-5-4-6-13(9-12)14(10-16)17-7-8-18-11-15(17,2)3/h12-14H,4-11,16H2,1-3H3. The van der Waals surface area contributed by atoms with Gasteiger partial charge in [0.2, 0.25) is 0 Å². The van der Waals surface area contributed by atoms with Crippen LogP contribution in [0, 0.1) is 11.8 Å². The van der Waals surface area contributed by atoms with Gasteiger partial charge in [0.25, 0.3) is 0 Å². The molecule has 0 bridgehead atoms. The van der Waals surface area contributed by atoms with E-state index >= 15 is 0 Å². The quantitative estimate of drug-likeness (QED) is 0.839. The van der Waals surface area contributed by atoms with Gasteiger partial charge in [-0.25, -0.2) is 0 Å². The van der Waals surface area contributed by atoms with E-state index < -0.39 is 0 Å². The van der Waals surface area contributed by atoms with E-state index in [1.807, 2.05) is 0 Å². The van der Waals surface area contributed by atoms with Crippen LogP contribution in [0.2, 0.25) is 0 Å². The summed E-state index contributed by atoms with van der Waals surface area (Å²) in [5.74, 6) is 1.66. The van der Waals surface area contributed by atoms with Gasteiger partial charge in [-0.05, 0) is 38.5 Å². The Hall–Kier alpha value is -0.120. The molecular weight excluding hydrogens is 224 g/mol. The number of hydrogen-bond acceptors (Lipinski definition) is 3. The van der Waals surface area contributed by atoms with Crippen molar-refractivity contribution in [2.45, 2.75) is 58.0 Å². The SMILES string of the molecule is CC1CCCC(C(CN)N2CCOCC2(C)C)C1. The summed E-state index contributed by atoms with van der Waals surface area (Å²) in [4.78, 5) is 2.62. The number of nitrogens with zero attached hydrogens (tertiary/aromatic N) is 1. The molecule has 1 saturated carbocycles. The van der Waals surface area contributed by atoms with Gasteiger partial charge < -0.3 is 10.5 Å². The topological polar surface area (TPSA) is 38.5 Å². The molecule has 3 unspecified atom stereocenters. The first-order valence-corrected chi connectivity index (χ1v) is 7.59. The van der Waals surface area contributed by atoms with E-state index in [0.29, 0.717) is 6.04 Å². The Labute approximate surface area is 112 Å². The van der Waals surface area contributed by atoms with Crippen LogP contribution < -0.4 is 5.73 Å². The minimum Gasteiger partial charge on any atom is -0.378 e. The fourth-order valence-corrected chi connectivity index (χ4v) is 3.89. The fourth-order valence-electron chi connectivity index (χ4n) is 3.89. The monoisotopic (exact) mass is 254 g/mol. The summed E-state index contributed by atoms with van der Waals surface area (Å²) in [7, 11) is 0. The molecule has 1 heterocycles. The first-order chi connectivity index (χ1) is 8.54. The third-order valence-electron chi connectivity index (χ3n) is 4.87. The molecule has 0 aromatic rings. The van der Waals surface area contributed by atoms with Crippen LogP contribution in [-0.2, 0) is 4.74 Å². The predicted octanol–water partition coefficient (Wildman–Crippen LogP) is 2.25. The van der Waals surface area contributed by atoms with E-state index in [9.17, 15) is 0 Å². The van der Waals surface area contributed by atoms with Crippen LogP contribution in [0.1, 0.15) is 46.5 Å².